The lowest BCUT2D eigenvalue weighted by atomic mass is 9.85. The van der Waals surface area contributed by atoms with Gasteiger partial charge in [-0.2, -0.15) is 0 Å². The first kappa shape index (κ1) is 18.2. The summed E-state index contributed by atoms with van der Waals surface area (Å²) in [5.74, 6) is 0. The van der Waals surface area contributed by atoms with Gasteiger partial charge in [0.25, 0.3) is 0 Å². The molecule has 0 aliphatic heterocycles. The van der Waals surface area contributed by atoms with Gasteiger partial charge in [-0.3, -0.25) is 0 Å². The van der Waals surface area contributed by atoms with E-state index in [0.717, 1.165) is 13.0 Å². The Morgan fingerprint density at radius 3 is 2.42 bits per heavy atom. The van der Waals surface area contributed by atoms with Gasteiger partial charge < -0.3 is 20.6 Å². The molecular formula is C14H31N3O2. The van der Waals surface area contributed by atoms with Gasteiger partial charge in [0.15, 0.2) is 0 Å². The van der Waals surface area contributed by atoms with Crippen LogP contribution in [0.2, 0.25) is 0 Å². The lowest BCUT2D eigenvalue weighted by molar-refractivity contribution is 0.158. The van der Waals surface area contributed by atoms with Crippen molar-refractivity contribution in [3.8, 4) is 0 Å². The van der Waals surface area contributed by atoms with Crippen LogP contribution in [-0.4, -0.2) is 55.4 Å². The fraction of sp³-hybridized carbons (Fsp3) is 0.929. The molecule has 0 aliphatic rings. The summed E-state index contributed by atoms with van der Waals surface area (Å²) in [6.07, 6.45) is 0.984. The molecule has 2 atom stereocenters. The van der Waals surface area contributed by atoms with Crippen LogP contribution < -0.4 is 10.6 Å². The molecule has 19 heavy (non-hydrogen) atoms. The minimum absolute atomic E-state index is 0.00374. The lowest BCUT2D eigenvalue weighted by Crippen LogP contribution is -2.50. The van der Waals surface area contributed by atoms with E-state index in [1.165, 1.54) is 0 Å². The van der Waals surface area contributed by atoms with Crippen LogP contribution in [0.15, 0.2) is 0 Å². The van der Waals surface area contributed by atoms with E-state index in [1.54, 1.807) is 0 Å². The van der Waals surface area contributed by atoms with Crippen molar-refractivity contribution in [3.05, 3.63) is 0 Å². The average molecular weight is 273 g/mol. The number of urea groups is 1. The van der Waals surface area contributed by atoms with E-state index in [2.05, 4.69) is 29.4 Å². The van der Waals surface area contributed by atoms with Gasteiger partial charge in [0, 0.05) is 19.1 Å². The summed E-state index contributed by atoms with van der Waals surface area (Å²) in [5, 5.41) is 15.1. The second-order valence-electron chi connectivity index (χ2n) is 6.20. The van der Waals surface area contributed by atoms with E-state index < -0.39 is 0 Å². The molecule has 0 aromatic carbocycles. The van der Waals surface area contributed by atoms with Crippen LogP contribution in [-0.2, 0) is 0 Å². The van der Waals surface area contributed by atoms with E-state index in [9.17, 15) is 9.90 Å². The average Bonchev–Trinajstić information content (AvgIpc) is 2.26. The maximum absolute atomic E-state index is 11.7. The van der Waals surface area contributed by atoms with E-state index in [-0.39, 0.29) is 23.6 Å². The van der Waals surface area contributed by atoms with Crippen molar-refractivity contribution < 1.29 is 9.90 Å². The third kappa shape index (κ3) is 8.06. The van der Waals surface area contributed by atoms with Crippen molar-refractivity contribution in [1.82, 2.24) is 15.5 Å². The van der Waals surface area contributed by atoms with Crippen LogP contribution >= 0.6 is 0 Å². The molecule has 0 radical (unpaired) electrons. The van der Waals surface area contributed by atoms with Crippen LogP contribution in [0, 0.1) is 5.41 Å². The normalized spacial score (nSPS) is 15.2. The molecule has 0 saturated carbocycles. The summed E-state index contributed by atoms with van der Waals surface area (Å²) in [6, 6.07) is -0.0892. The zero-order chi connectivity index (χ0) is 15.1. The molecule has 5 heteroatoms. The highest BCUT2D eigenvalue weighted by molar-refractivity contribution is 5.74. The standard InChI is InChI=1S/C14H31N3O2/c1-7-12(18)8-9-15-13(19)16-11(2)14(3,4)10-17(5)6/h11-12,18H,7-10H2,1-6H3,(H2,15,16,19). The number of rotatable bonds is 8. The molecule has 0 spiro atoms. The highest BCUT2D eigenvalue weighted by Crippen LogP contribution is 2.20. The number of hydrogen-bond acceptors (Lipinski definition) is 3. The summed E-state index contributed by atoms with van der Waals surface area (Å²) in [5.41, 5.74) is 0.00374. The van der Waals surface area contributed by atoms with Crippen molar-refractivity contribution in [2.45, 2.75) is 52.7 Å². The number of aliphatic hydroxyl groups is 1. The number of nitrogens with zero attached hydrogens (tertiary/aromatic N) is 1. The Labute approximate surface area is 117 Å². The largest absolute Gasteiger partial charge is 0.393 e. The van der Waals surface area contributed by atoms with E-state index in [1.807, 2.05) is 27.9 Å². The minimum Gasteiger partial charge on any atom is -0.393 e. The van der Waals surface area contributed by atoms with Gasteiger partial charge in [-0.1, -0.05) is 20.8 Å². The Morgan fingerprint density at radius 1 is 1.37 bits per heavy atom. The Hall–Kier alpha value is -0.810. The predicted octanol–water partition coefficient (Wildman–Crippen LogP) is 1.42. The molecule has 0 aliphatic carbocycles. The number of carbonyl (C=O) groups excluding carboxylic acids is 1. The maximum Gasteiger partial charge on any atom is 0.315 e. The smallest absolute Gasteiger partial charge is 0.315 e. The van der Waals surface area contributed by atoms with Crippen LogP contribution in [0.25, 0.3) is 0 Å². The molecule has 2 unspecified atom stereocenters. The van der Waals surface area contributed by atoms with E-state index >= 15 is 0 Å². The van der Waals surface area contributed by atoms with Crippen molar-refractivity contribution in [1.29, 1.82) is 0 Å². The molecule has 0 saturated heterocycles. The highest BCUT2D eigenvalue weighted by atomic mass is 16.3. The molecule has 0 bridgehead atoms. The highest BCUT2D eigenvalue weighted by Gasteiger charge is 2.27. The van der Waals surface area contributed by atoms with E-state index in [0.29, 0.717) is 13.0 Å². The van der Waals surface area contributed by atoms with Crippen LogP contribution in [0.5, 0.6) is 0 Å². The Balaban J connectivity index is 4.04. The van der Waals surface area contributed by atoms with Crippen LogP contribution in [0.3, 0.4) is 0 Å². The van der Waals surface area contributed by atoms with Gasteiger partial charge in [0.2, 0.25) is 0 Å². The monoisotopic (exact) mass is 273 g/mol. The minimum atomic E-state index is -0.331. The zero-order valence-electron chi connectivity index (χ0n) is 13.3. The first-order chi connectivity index (χ1) is 8.69. The predicted molar refractivity (Wildman–Crippen MR) is 79.2 cm³/mol. The Morgan fingerprint density at radius 2 is 1.95 bits per heavy atom. The van der Waals surface area contributed by atoms with Gasteiger partial charge in [-0.05, 0) is 39.3 Å². The fourth-order valence-electron chi connectivity index (χ4n) is 1.95. The number of nitrogens with one attached hydrogen (secondary N) is 2. The van der Waals surface area contributed by atoms with Crippen molar-refractivity contribution in [2.75, 3.05) is 27.2 Å². The Bertz CT molecular complexity index is 267. The van der Waals surface area contributed by atoms with Gasteiger partial charge in [-0.25, -0.2) is 4.79 Å². The SMILES string of the molecule is CCC(O)CCNC(=O)NC(C)C(C)(C)CN(C)C. The molecular weight excluding hydrogens is 242 g/mol. The number of aliphatic hydroxyl groups excluding tert-OH is 1. The Kier molecular flexibility index (Phi) is 8.02. The summed E-state index contributed by atoms with van der Waals surface area (Å²) in [6.45, 7) is 9.63. The molecule has 0 aromatic heterocycles. The topological polar surface area (TPSA) is 64.6 Å². The maximum atomic E-state index is 11.7. The van der Waals surface area contributed by atoms with Gasteiger partial charge in [-0.15, -0.1) is 0 Å². The first-order valence-corrected chi connectivity index (χ1v) is 7.06. The first-order valence-electron chi connectivity index (χ1n) is 7.06. The van der Waals surface area contributed by atoms with Gasteiger partial charge >= 0.3 is 6.03 Å². The number of carbonyl (C=O) groups is 1. The molecule has 0 rings (SSSR count). The number of hydrogen-bond donors (Lipinski definition) is 3. The number of amides is 2. The molecule has 2 amide bonds. The van der Waals surface area contributed by atoms with Crippen LogP contribution in [0.1, 0.15) is 40.5 Å². The second-order valence-corrected chi connectivity index (χ2v) is 6.20. The van der Waals surface area contributed by atoms with Gasteiger partial charge in [0.05, 0.1) is 6.10 Å². The molecule has 3 N–H and O–H groups in total. The lowest BCUT2D eigenvalue weighted by Gasteiger charge is -2.34. The van der Waals surface area contributed by atoms with Crippen molar-refractivity contribution in [3.63, 3.8) is 0 Å². The summed E-state index contributed by atoms with van der Waals surface area (Å²) < 4.78 is 0. The fourth-order valence-corrected chi connectivity index (χ4v) is 1.95. The quantitative estimate of drug-likeness (QED) is 0.627. The molecule has 5 nitrogen and oxygen atoms in total. The molecule has 0 aromatic rings. The van der Waals surface area contributed by atoms with Crippen LogP contribution in [0.4, 0.5) is 4.79 Å². The third-order valence-electron chi connectivity index (χ3n) is 3.48. The molecule has 0 heterocycles. The summed E-state index contributed by atoms with van der Waals surface area (Å²) >= 11 is 0. The summed E-state index contributed by atoms with van der Waals surface area (Å²) in [7, 11) is 4.06. The van der Waals surface area contributed by atoms with Crippen molar-refractivity contribution >= 4 is 6.03 Å². The third-order valence-corrected chi connectivity index (χ3v) is 3.48. The second kappa shape index (κ2) is 8.38. The van der Waals surface area contributed by atoms with Crippen molar-refractivity contribution in [2.24, 2.45) is 5.41 Å². The molecule has 114 valence electrons. The molecule has 0 fully saturated rings. The van der Waals surface area contributed by atoms with Gasteiger partial charge in [0.1, 0.15) is 0 Å². The zero-order valence-corrected chi connectivity index (χ0v) is 13.3. The summed E-state index contributed by atoms with van der Waals surface area (Å²) in [4.78, 5) is 13.9. The van der Waals surface area contributed by atoms with E-state index in [4.69, 9.17) is 0 Å².